The zero-order valence-corrected chi connectivity index (χ0v) is 24.8. The van der Waals surface area contributed by atoms with E-state index >= 15 is 0 Å². The molecule has 6 aromatic carbocycles. The molecule has 0 aliphatic heterocycles. The van der Waals surface area contributed by atoms with E-state index in [1.165, 1.54) is 26.9 Å². The minimum absolute atomic E-state index is 0.673. The van der Waals surface area contributed by atoms with E-state index in [0.717, 1.165) is 55.6 Å². The first-order chi connectivity index (χ1) is 22.8. The summed E-state index contributed by atoms with van der Waals surface area (Å²) < 4.78 is 0. The number of fused-ring (bicyclic) bond motifs is 8. The fourth-order valence-corrected chi connectivity index (χ4v) is 6.63. The molecule has 0 bridgehead atoms. The molecule has 214 valence electrons. The van der Waals surface area contributed by atoms with Crippen LogP contribution in [0.25, 0.3) is 88.4 Å². The molecule has 0 amide bonds. The molecule has 9 aromatic rings. The van der Waals surface area contributed by atoms with Crippen molar-refractivity contribution in [2.45, 2.75) is 0 Å². The molecule has 0 N–H and O–H groups in total. The molecule has 0 aliphatic carbocycles. The zero-order valence-electron chi connectivity index (χ0n) is 24.8. The number of benzene rings is 6. The van der Waals surface area contributed by atoms with Crippen LogP contribution in [0.4, 0.5) is 0 Å². The molecule has 0 radical (unpaired) electrons. The highest BCUT2D eigenvalue weighted by atomic mass is 14.9. The SMILES string of the molecule is c1ccc(-c2cc(-c3ccccc3)nc(-c3cccc(-c4nc5ccncc5c5c6ccccc6c6ccccc6c45)c3)n2)cc1. The van der Waals surface area contributed by atoms with Gasteiger partial charge in [-0.1, -0.05) is 127 Å². The van der Waals surface area contributed by atoms with Gasteiger partial charge in [0.1, 0.15) is 0 Å². The standard InChI is InChI=1S/C42H26N4/c1-3-12-27(13-4-1)37-25-38(28-14-5-2-6-15-28)46-42(45-37)30-17-11-16-29(24-30)41-40-34-21-10-8-19-32(34)31-18-7-9-20-33(31)39(40)35-26-43-23-22-36(35)44-41/h1-26H. The lowest BCUT2D eigenvalue weighted by Crippen LogP contribution is -1.97. The minimum Gasteiger partial charge on any atom is -0.264 e. The fourth-order valence-electron chi connectivity index (χ4n) is 6.63. The largest absolute Gasteiger partial charge is 0.264 e. The van der Waals surface area contributed by atoms with Gasteiger partial charge < -0.3 is 0 Å². The van der Waals surface area contributed by atoms with Gasteiger partial charge in [-0.2, -0.15) is 0 Å². The van der Waals surface area contributed by atoms with Gasteiger partial charge in [0, 0.05) is 50.8 Å². The number of nitrogens with zero attached hydrogens (tertiary/aromatic N) is 4. The summed E-state index contributed by atoms with van der Waals surface area (Å²) in [5.41, 5.74) is 7.65. The summed E-state index contributed by atoms with van der Waals surface area (Å²) in [6.07, 6.45) is 3.76. The first-order valence-electron chi connectivity index (χ1n) is 15.4. The lowest BCUT2D eigenvalue weighted by molar-refractivity contribution is 1.18. The van der Waals surface area contributed by atoms with Crippen molar-refractivity contribution < 1.29 is 0 Å². The van der Waals surface area contributed by atoms with Crippen LogP contribution in [-0.4, -0.2) is 19.9 Å². The lowest BCUT2D eigenvalue weighted by atomic mass is 9.90. The summed E-state index contributed by atoms with van der Waals surface area (Å²) in [6.45, 7) is 0. The molecule has 3 heterocycles. The predicted octanol–water partition coefficient (Wildman–Crippen LogP) is 10.5. The van der Waals surface area contributed by atoms with Gasteiger partial charge in [-0.05, 0) is 39.7 Å². The number of hydrogen-bond acceptors (Lipinski definition) is 4. The van der Waals surface area contributed by atoms with E-state index in [2.05, 4.69) is 108 Å². The van der Waals surface area contributed by atoms with Crippen molar-refractivity contribution >= 4 is 43.2 Å². The molecule has 0 fully saturated rings. The lowest BCUT2D eigenvalue weighted by Gasteiger charge is -2.16. The summed E-state index contributed by atoms with van der Waals surface area (Å²) in [6, 6.07) is 50.4. The topological polar surface area (TPSA) is 51.6 Å². The van der Waals surface area contributed by atoms with Crippen molar-refractivity contribution in [2.75, 3.05) is 0 Å². The normalized spacial score (nSPS) is 11.5. The van der Waals surface area contributed by atoms with Gasteiger partial charge in [-0.25, -0.2) is 15.0 Å². The molecule has 0 atom stereocenters. The van der Waals surface area contributed by atoms with Crippen molar-refractivity contribution in [3.05, 3.63) is 158 Å². The minimum atomic E-state index is 0.673. The highest BCUT2D eigenvalue weighted by Gasteiger charge is 2.18. The third kappa shape index (κ3) is 4.31. The summed E-state index contributed by atoms with van der Waals surface area (Å²) in [4.78, 5) is 20.0. The van der Waals surface area contributed by atoms with Crippen LogP contribution in [0.3, 0.4) is 0 Å². The Balaban J connectivity index is 1.33. The molecule has 0 saturated heterocycles. The average molecular weight is 587 g/mol. The number of aromatic nitrogens is 4. The maximum Gasteiger partial charge on any atom is 0.160 e. The molecule has 4 heteroatoms. The summed E-state index contributed by atoms with van der Waals surface area (Å²) in [5, 5.41) is 8.13. The van der Waals surface area contributed by atoms with Gasteiger partial charge in [0.25, 0.3) is 0 Å². The van der Waals surface area contributed by atoms with Crippen molar-refractivity contribution in [1.29, 1.82) is 0 Å². The van der Waals surface area contributed by atoms with E-state index in [0.29, 0.717) is 5.82 Å². The molecule has 0 spiro atoms. The Labute approximate surface area is 265 Å². The van der Waals surface area contributed by atoms with E-state index in [4.69, 9.17) is 15.0 Å². The van der Waals surface area contributed by atoms with Crippen LogP contribution in [0, 0.1) is 0 Å². The van der Waals surface area contributed by atoms with Crippen LogP contribution < -0.4 is 0 Å². The van der Waals surface area contributed by atoms with Gasteiger partial charge in [0.15, 0.2) is 5.82 Å². The maximum atomic E-state index is 5.31. The van der Waals surface area contributed by atoms with Crippen LogP contribution in [0.1, 0.15) is 0 Å². The molecule has 0 unspecified atom stereocenters. The van der Waals surface area contributed by atoms with Crippen LogP contribution in [0.5, 0.6) is 0 Å². The summed E-state index contributed by atoms with van der Waals surface area (Å²) in [7, 11) is 0. The predicted molar refractivity (Wildman–Crippen MR) is 189 cm³/mol. The highest BCUT2D eigenvalue weighted by Crippen LogP contribution is 2.43. The Morgan fingerprint density at radius 3 is 1.57 bits per heavy atom. The number of rotatable bonds is 4. The monoisotopic (exact) mass is 586 g/mol. The molecule has 0 saturated carbocycles. The van der Waals surface area contributed by atoms with Crippen LogP contribution in [-0.2, 0) is 0 Å². The van der Waals surface area contributed by atoms with E-state index in [1.54, 1.807) is 0 Å². The molecular weight excluding hydrogens is 560 g/mol. The molecule has 4 nitrogen and oxygen atoms in total. The van der Waals surface area contributed by atoms with E-state index < -0.39 is 0 Å². The quantitative estimate of drug-likeness (QED) is 0.193. The smallest absolute Gasteiger partial charge is 0.160 e. The van der Waals surface area contributed by atoms with E-state index in [1.807, 2.05) is 54.9 Å². The van der Waals surface area contributed by atoms with Gasteiger partial charge in [0.2, 0.25) is 0 Å². The Morgan fingerprint density at radius 1 is 0.370 bits per heavy atom. The maximum absolute atomic E-state index is 5.31. The van der Waals surface area contributed by atoms with Gasteiger partial charge in [0.05, 0.1) is 22.6 Å². The van der Waals surface area contributed by atoms with Crippen LogP contribution in [0.15, 0.2) is 158 Å². The molecule has 0 aliphatic rings. The van der Waals surface area contributed by atoms with Crippen LogP contribution in [0.2, 0.25) is 0 Å². The second-order valence-electron chi connectivity index (χ2n) is 11.5. The molecule has 3 aromatic heterocycles. The first kappa shape index (κ1) is 26.2. The summed E-state index contributed by atoms with van der Waals surface area (Å²) >= 11 is 0. The van der Waals surface area contributed by atoms with Crippen LogP contribution >= 0.6 is 0 Å². The Morgan fingerprint density at radius 2 is 0.913 bits per heavy atom. The van der Waals surface area contributed by atoms with Gasteiger partial charge >= 0.3 is 0 Å². The third-order valence-corrected chi connectivity index (χ3v) is 8.73. The average Bonchev–Trinajstić information content (AvgIpc) is 3.15. The van der Waals surface area contributed by atoms with Crippen molar-refractivity contribution in [3.63, 3.8) is 0 Å². The first-order valence-corrected chi connectivity index (χ1v) is 15.4. The second-order valence-corrected chi connectivity index (χ2v) is 11.5. The van der Waals surface area contributed by atoms with E-state index in [-0.39, 0.29) is 0 Å². The highest BCUT2D eigenvalue weighted by molar-refractivity contribution is 6.33. The van der Waals surface area contributed by atoms with Gasteiger partial charge in [-0.3, -0.25) is 4.98 Å². The molecule has 46 heavy (non-hydrogen) atoms. The van der Waals surface area contributed by atoms with Crippen molar-refractivity contribution in [2.24, 2.45) is 0 Å². The third-order valence-electron chi connectivity index (χ3n) is 8.73. The zero-order chi connectivity index (χ0) is 30.5. The van der Waals surface area contributed by atoms with Crippen molar-refractivity contribution in [3.8, 4) is 45.2 Å². The Hall–Kier alpha value is -6.26. The summed E-state index contributed by atoms with van der Waals surface area (Å²) in [5.74, 6) is 0.673. The number of pyridine rings is 2. The van der Waals surface area contributed by atoms with E-state index in [9.17, 15) is 0 Å². The van der Waals surface area contributed by atoms with Crippen molar-refractivity contribution in [1.82, 2.24) is 19.9 Å². The molecular formula is C42H26N4. The number of hydrogen-bond donors (Lipinski definition) is 0. The second kappa shape index (κ2) is 10.7. The fraction of sp³-hybridized carbons (Fsp3) is 0. The Bertz CT molecular complexity index is 2520. The molecule has 9 rings (SSSR count). The van der Waals surface area contributed by atoms with Gasteiger partial charge in [-0.15, -0.1) is 0 Å². The Kier molecular flexibility index (Phi) is 6.10.